The van der Waals surface area contributed by atoms with Crippen LogP contribution < -0.4 is 19.7 Å². The second-order valence-corrected chi connectivity index (χ2v) is 5.49. The third-order valence-electron chi connectivity index (χ3n) is 3.98. The lowest BCUT2D eigenvalue weighted by Gasteiger charge is -2.18. The van der Waals surface area contributed by atoms with Gasteiger partial charge in [0.2, 0.25) is 5.91 Å². The molecule has 1 heterocycles. The van der Waals surface area contributed by atoms with Gasteiger partial charge in [-0.2, -0.15) is 0 Å². The van der Waals surface area contributed by atoms with Gasteiger partial charge in [-0.05, 0) is 24.3 Å². The lowest BCUT2D eigenvalue weighted by Crippen LogP contribution is -2.35. The monoisotopic (exact) mass is 344 g/mol. The van der Waals surface area contributed by atoms with Crippen LogP contribution in [0.25, 0.3) is 0 Å². The number of anilines is 2. The quantitative estimate of drug-likeness (QED) is 0.845. The maximum absolute atomic E-state index is 13.9. The Morgan fingerprint density at radius 2 is 1.88 bits per heavy atom. The van der Waals surface area contributed by atoms with Crippen LogP contribution in [0.1, 0.15) is 6.42 Å². The molecule has 6 nitrogen and oxygen atoms in total. The maximum atomic E-state index is 13.9. The summed E-state index contributed by atoms with van der Waals surface area (Å²) in [5.41, 5.74) is 0.508. The fourth-order valence-electron chi connectivity index (χ4n) is 2.74. The number of nitrogens with zero attached hydrogens (tertiary/aromatic N) is 1. The number of hydrogen-bond acceptors (Lipinski definition) is 5. The summed E-state index contributed by atoms with van der Waals surface area (Å²) in [6.07, 6.45) is -0.0671. The van der Waals surface area contributed by atoms with E-state index in [1.807, 2.05) is 0 Å². The van der Waals surface area contributed by atoms with Crippen LogP contribution in [0.2, 0.25) is 0 Å². The van der Waals surface area contributed by atoms with Crippen molar-refractivity contribution < 1.29 is 23.5 Å². The Bertz CT molecular complexity index is 824. The average molecular weight is 344 g/mol. The normalized spacial score (nSPS) is 16.9. The van der Waals surface area contributed by atoms with Gasteiger partial charge in [0.15, 0.2) is 0 Å². The van der Waals surface area contributed by atoms with E-state index < -0.39 is 23.7 Å². The molecular weight excluding hydrogens is 327 g/mol. The van der Waals surface area contributed by atoms with E-state index in [9.17, 15) is 14.0 Å². The molecule has 0 aromatic heterocycles. The van der Waals surface area contributed by atoms with Gasteiger partial charge in [-0.3, -0.25) is 9.59 Å². The van der Waals surface area contributed by atoms with E-state index in [2.05, 4.69) is 5.32 Å². The first kappa shape index (κ1) is 16.8. The first-order valence-electron chi connectivity index (χ1n) is 7.65. The predicted molar refractivity (Wildman–Crippen MR) is 90.5 cm³/mol. The highest BCUT2D eigenvalue weighted by Crippen LogP contribution is 2.32. The van der Waals surface area contributed by atoms with E-state index in [0.717, 1.165) is 4.90 Å². The minimum absolute atomic E-state index is 0.0384. The topological polar surface area (TPSA) is 67.9 Å². The number of halogens is 1. The van der Waals surface area contributed by atoms with Crippen LogP contribution in [0.4, 0.5) is 15.8 Å². The Hall–Kier alpha value is -3.09. The zero-order valence-electron chi connectivity index (χ0n) is 13.8. The van der Waals surface area contributed by atoms with Gasteiger partial charge in [-0.15, -0.1) is 0 Å². The first-order valence-corrected chi connectivity index (χ1v) is 7.65. The molecule has 1 aliphatic rings. The zero-order valence-corrected chi connectivity index (χ0v) is 13.8. The van der Waals surface area contributed by atoms with Crippen molar-refractivity contribution in [2.24, 2.45) is 0 Å². The van der Waals surface area contributed by atoms with Crippen LogP contribution in [0.5, 0.6) is 11.5 Å². The summed E-state index contributed by atoms with van der Waals surface area (Å²) in [6, 6.07) is 9.97. The van der Waals surface area contributed by atoms with Crippen LogP contribution in [0.15, 0.2) is 42.5 Å². The predicted octanol–water partition coefficient (Wildman–Crippen LogP) is 2.59. The molecule has 2 aromatic rings. The fraction of sp³-hybridized carbons (Fsp3) is 0.222. The summed E-state index contributed by atoms with van der Waals surface area (Å²) >= 11 is 0. The van der Waals surface area contributed by atoms with Gasteiger partial charge < -0.3 is 14.8 Å². The third-order valence-corrected chi connectivity index (χ3v) is 3.98. The number of hydrogen-bond donors (Lipinski definition) is 1. The lowest BCUT2D eigenvalue weighted by molar-refractivity contribution is -0.121. The lowest BCUT2D eigenvalue weighted by atomic mass is 10.2. The minimum Gasteiger partial charge on any atom is -0.497 e. The molecule has 130 valence electrons. The first-order chi connectivity index (χ1) is 12.0. The number of benzene rings is 2. The van der Waals surface area contributed by atoms with Gasteiger partial charge in [0.1, 0.15) is 23.4 Å². The van der Waals surface area contributed by atoms with Crippen molar-refractivity contribution in [3.8, 4) is 11.5 Å². The van der Waals surface area contributed by atoms with Crippen LogP contribution >= 0.6 is 0 Å². The number of ether oxygens (including phenoxy) is 2. The van der Waals surface area contributed by atoms with Crippen molar-refractivity contribution in [3.05, 3.63) is 48.3 Å². The smallest absolute Gasteiger partial charge is 0.256 e. The number of para-hydroxylation sites is 1. The summed E-state index contributed by atoms with van der Waals surface area (Å²) < 4.78 is 24.4. The van der Waals surface area contributed by atoms with Gasteiger partial charge in [0.25, 0.3) is 5.91 Å². The fourth-order valence-corrected chi connectivity index (χ4v) is 2.74. The van der Waals surface area contributed by atoms with Gasteiger partial charge in [-0.1, -0.05) is 12.1 Å². The SMILES string of the molecule is COc1ccc(NC2CC(=O)N(c3ccccc3F)C2=O)c(OC)c1. The van der Waals surface area contributed by atoms with Crippen LogP contribution in [0.3, 0.4) is 0 Å². The molecular formula is C18H17FN2O4. The second kappa shape index (κ2) is 6.80. The molecule has 1 aliphatic heterocycles. The van der Waals surface area contributed by atoms with E-state index in [0.29, 0.717) is 17.2 Å². The molecule has 1 saturated heterocycles. The number of carbonyl (C=O) groups is 2. The molecule has 0 saturated carbocycles. The number of methoxy groups -OCH3 is 2. The van der Waals surface area contributed by atoms with Crippen molar-refractivity contribution in [2.75, 3.05) is 24.4 Å². The Labute approximate surface area is 144 Å². The number of nitrogens with one attached hydrogen (secondary N) is 1. The highest BCUT2D eigenvalue weighted by atomic mass is 19.1. The number of imide groups is 1. The van der Waals surface area contributed by atoms with E-state index in [-0.39, 0.29) is 12.1 Å². The van der Waals surface area contributed by atoms with Crippen molar-refractivity contribution >= 4 is 23.2 Å². The summed E-state index contributed by atoms with van der Waals surface area (Å²) in [7, 11) is 3.03. The molecule has 0 radical (unpaired) electrons. The molecule has 1 fully saturated rings. The Morgan fingerprint density at radius 1 is 1.12 bits per heavy atom. The Morgan fingerprint density at radius 3 is 2.56 bits per heavy atom. The van der Waals surface area contributed by atoms with E-state index in [1.54, 1.807) is 24.3 Å². The number of carbonyl (C=O) groups excluding carboxylic acids is 2. The molecule has 2 amide bonds. The highest BCUT2D eigenvalue weighted by molar-refractivity contribution is 6.23. The molecule has 1 unspecified atom stereocenters. The van der Waals surface area contributed by atoms with Crippen molar-refractivity contribution in [1.82, 2.24) is 0 Å². The summed E-state index contributed by atoms with van der Waals surface area (Å²) in [5.74, 6) is -0.506. The molecule has 25 heavy (non-hydrogen) atoms. The van der Waals surface area contributed by atoms with Crippen LogP contribution in [-0.2, 0) is 9.59 Å². The standard InChI is InChI=1S/C18H17FN2O4/c1-24-11-7-8-13(16(9-11)25-2)20-14-10-17(22)21(18(14)23)15-6-4-3-5-12(15)19/h3-9,14,20H,10H2,1-2H3. The summed E-state index contributed by atoms with van der Waals surface area (Å²) in [4.78, 5) is 25.7. The maximum Gasteiger partial charge on any atom is 0.256 e. The number of amides is 2. The van der Waals surface area contributed by atoms with Gasteiger partial charge in [-0.25, -0.2) is 9.29 Å². The van der Waals surface area contributed by atoms with Gasteiger partial charge >= 0.3 is 0 Å². The molecule has 1 N–H and O–H groups in total. The molecule has 1 atom stereocenters. The molecule has 2 aromatic carbocycles. The van der Waals surface area contributed by atoms with E-state index in [1.165, 1.54) is 32.4 Å². The van der Waals surface area contributed by atoms with Crippen molar-refractivity contribution in [1.29, 1.82) is 0 Å². The second-order valence-electron chi connectivity index (χ2n) is 5.49. The third kappa shape index (κ3) is 3.13. The largest absolute Gasteiger partial charge is 0.497 e. The summed E-state index contributed by atoms with van der Waals surface area (Å²) in [5, 5.41) is 3.00. The number of rotatable bonds is 5. The van der Waals surface area contributed by atoms with Crippen molar-refractivity contribution in [3.63, 3.8) is 0 Å². The molecule has 0 bridgehead atoms. The zero-order chi connectivity index (χ0) is 18.0. The molecule has 0 spiro atoms. The van der Waals surface area contributed by atoms with Crippen LogP contribution in [0, 0.1) is 5.82 Å². The minimum atomic E-state index is -0.797. The molecule has 3 rings (SSSR count). The average Bonchev–Trinajstić information content (AvgIpc) is 2.89. The van der Waals surface area contributed by atoms with Crippen molar-refractivity contribution in [2.45, 2.75) is 12.5 Å². The Kier molecular flexibility index (Phi) is 4.56. The van der Waals surface area contributed by atoms with E-state index >= 15 is 0 Å². The van der Waals surface area contributed by atoms with Gasteiger partial charge in [0, 0.05) is 6.07 Å². The Balaban J connectivity index is 1.85. The van der Waals surface area contributed by atoms with E-state index in [4.69, 9.17) is 9.47 Å². The molecule has 0 aliphatic carbocycles. The van der Waals surface area contributed by atoms with Gasteiger partial charge in [0.05, 0.1) is 32.0 Å². The highest BCUT2D eigenvalue weighted by Gasteiger charge is 2.40. The van der Waals surface area contributed by atoms with Crippen LogP contribution in [-0.4, -0.2) is 32.1 Å². The molecule has 7 heteroatoms. The summed E-state index contributed by atoms with van der Waals surface area (Å²) in [6.45, 7) is 0.